The first-order chi connectivity index (χ1) is 8.41. The summed E-state index contributed by atoms with van der Waals surface area (Å²) < 4.78 is 40.1. The third-order valence-corrected chi connectivity index (χ3v) is 4.22. The molecule has 0 aliphatic carbocycles. The second-order valence-electron chi connectivity index (χ2n) is 3.85. The van der Waals surface area contributed by atoms with Crippen LogP contribution in [0.2, 0.25) is 4.34 Å². The minimum atomic E-state index is -1.51. The van der Waals surface area contributed by atoms with Gasteiger partial charge in [0.25, 0.3) is 0 Å². The van der Waals surface area contributed by atoms with Gasteiger partial charge in [0.15, 0.2) is 17.5 Å². The number of rotatable bonds is 2. The lowest BCUT2D eigenvalue weighted by Gasteiger charge is -2.11. The molecule has 6 heteroatoms. The maximum atomic E-state index is 13.6. The van der Waals surface area contributed by atoms with Gasteiger partial charge in [0, 0.05) is 10.4 Å². The highest BCUT2D eigenvalue weighted by atomic mass is 35.5. The summed E-state index contributed by atoms with van der Waals surface area (Å²) in [7, 11) is 0. The Morgan fingerprint density at radius 3 is 2.44 bits per heavy atom. The van der Waals surface area contributed by atoms with E-state index in [1.807, 2.05) is 0 Å². The van der Waals surface area contributed by atoms with Crippen LogP contribution in [0, 0.1) is 24.4 Å². The predicted octanol–water partition coefficient (Wildman–Crippen LogP) is 4.18. The molecule has 1 unspecified atom stereocenters. The van der Waals surface area contributed by atoms with E-state index in [-0.39, 0.29) is 5.56 Å². The third-order valence-electron chi connectivity index (χ3n) is 2.58. The SMILES string of the molecule is Cc1cc(C(N)c2ccc(F)c(F)c2F)sc1Cl. The van der Waals surface area contributed by atoms with Crippen molar-refractivity contribution in [3.63, 3.8) is 0 Å². The Hall–Kier alpha value is -1.04. The largest absolute Gasteiger partial charge is 0.320 e. The van der Waals surface area contributed by atoms with Gasteiger partial charge in [0.1, 0.15) is 0 Å². The molecule has 2 aromatic rings. The lowest BCUT2D eigenvalue weighted by Crippen LogP contribution is -2.13. The van der Waals surface area contributed by atoms with Gasteiger partial charge in [-0.3, -0.25) is 0 Å². The van der Waals surface area contributed by atoms with Crippen LogP contribution < -0.4 is 5.73 Å². The average molecular weight is 292 g/mol. The van der Waals surface area contributed by atoms with Gasteiger partial charge < -0.3 is 5.73 Å². The second kappa shape index (κ2) is 4.91. The van der Waals surface area contributed by atoms with Gasteiger partial charge >= 0.3 is 0 Å². The van der Waals surface area contributed by atoms with E-state index >= 15 is 0 Å². The van der Waals surface area contributed by atoms with E-state index in [0.717, 1.165) is 17.7 Å². The van der Waals surface area contributed by atoms with Crippen LogP contribution in [0.1, 0.15) is 22.0 Å². The minimum absolute atomic E-state index is 0.0909. The number of thiophene rings is 1. The van der Waals surface area contributed by atoms with E-state index in [4.69, 9.17) is 17.3 Å². The van der Waals surface area contributed by atoms with Crippen LogP contribution in [-0.4, -0.2) is 0 Å². The van der Waals surface area contributed by atoms with E-state index in [2.05, 4.69) is 0 Å². The summed E-state index contributed by atoms with van der Waals surface area (Å²) in [6.45, 7) is 1.79. The summed E-state index contributed by atoms with van der Waals surface area (Å²) in [4.78, 5) is 0.599. The molecular formula is C12H9ClF3NS. The van der Waals surface area contributed by atoms with Crippen LogP contribution in [0.4, 0.5) is 13.2 Å². The Bertz CT molecular complexity index is 578. The quantitative estimate of drug-likeness (QED) is 0.826. The summed E-state index contributed by atoms with van der Waals surface area (Å²) in [5.41, 5.74) is 6.56. The first-order valence-electron chi connectivity index (χ1n) is 5.06. The molecule has 0 amide bonds. The predicted molar refractivity (Wildman–Crippen MR) is 66.4 cm³/mol. The Kier molecular flexibility index (Phi) is 3.66. The Morgan fingerprint density at radius 2 is 1.89 bits per heavy atom. The average Bonchev–Trinajstić information content (AvgIpc) is 2.66. The van der Waals surface area contributed by atoms with Crippen molar-refractivity contribution in [2.45, 2.75) is 13.0 Å². The van der Waals surface area contributed by atoms with Gasteiger partial charge in [0.2, 0.25) is 0 Å². The molecule has 0 radical (unpaired) electrons. The molecule has 0 spiro atoms. The molecule has 0 saturated carbocycles. The van der Waals surface area contributed by atoms with Crippen molar-refractivity contribution < 1.29 is 13.2 Å². The zero-order valence-electron chi connectivity index (χ0n) is 9.31. The summed E-state index contributed by atoms with van der Waals surface area (Å²) in [6, 6.07) is 2.84. The molecule has 1 aromatic heterocycles. The van der Waals surface area contributed by atoms with Crippen molar-refractivity contribution in [3.8, 4) is 0 Å². The fourth-order valence-electron chi connectivity index (χ4n) is 1.57. The van der Waals surface area contributed by atoms with Crippen molar-refractivity contribution in [3.05, 3.63) is 56.0 Å². The topological polar surface area (TPSA) is 26.0 Å². The van der Waals surface area contributed by atoms with Gasteiger partial charge in [0.05, 0.1) is 10.4 Å². The Balaban J connectivity index is 2.46. The highest BCUT2D eigenvalue weighted by Crippen LogP contribution is 2.34. The molecule has 18 heavy (non-hydrogen) atoms. The molecule has 0 aliphatic rings. The molecule has 2 N–H and O–H groups in total. The second-order valence-corrected chi connectivity index (χ2v) is 5.53. The summed E-state index contributed by atoms with van der Waals surface area (Å²) in [5.74, 6) is -4.00. The van der Waals surface area contributed by atoms with E-state index in [9.17, 15) is 13.2 Å². The zero-order valence-corrected chi connectivity index (χ0v) is 10.9. The fraction of sp³-hybridized carbons (Fsp3) is 0.167. The molecule has 2 rings (SSSR count). The molecular weight excluding hydrogens is 283 g/mol. The molecule has 1 aromatic carbocycles. The Morgan fingerprint density at radius 1 is 1.22 bits per heavy atom. The lowest BCUT2D eigenvalue weighted by molar-refractivity contribution is 0.439. The van der Waals surface area contributed by atoms with Crippen molar-refractivity contribution in [1.29, 1.82) is 0 Å². The van der Waals surface area contributed by atoms with Crippen LogP contribution in [0.5, 0.6) is 0 Å². The number of benzene rings is 1. The van der Waals surface area contributed by atoms with E-state index < -0.39 is 23.5 Å². The number of hydrogen-bond acceptors (Lipinski definition) is 2. The molecule has 0 fully saturated rings. The van der Waals surface area contributed by atoms with Crippen LogP contribution in [0.3, 0.4) is 0 Å². The van der Waals surface area contributed by atoms with Crippen molar-refractivity contribution in [1.82, 2.24) is 0 Å². The molecule has 96 valence electrons. The molecule has 0 saturated heterocycles. The van der Waals surface area contributed by atoms with Gasteiger partial charge in [-0.1, -0.05) is 17.7 Å². The molecule has 0 bridgehead atoms. The summed E-state index contributed by atoms with van der Waals surface area (Å²) in [6.07, 6.45) is 0. The molecule has 0 aliphatic heterocycles. The van der Waals surface area contributed by atoms with Crippen molar-refractivity contribution >= 4 is 22.9 Å². The van der Waals surface area contributed by atoms with Crippen LogP contribution in [-0.2, 0) is 0 Å². The normalized spacial score (nSPS) is 12.8. The third kappa shape index (κ3) is 2.25. The molecule has 1 heterocycles. The number of hydrogen-bond donors (Lipinski definition) is 1. The van der Waals surface area contributed by atoms with Crippen molar-refractivity contribution in [2.24, 2.45) is 5.73 Å². The first-order valence-corrected chi connectivity index (χ1v) is 6.26. The van der Waals surface area contributed by atoms with Gasteiger partial charge in [-0.25, -0.2) is 13.2 Å². The number of nitrogens with two attached hydrogens (primary N) is 1. The highest BCUT2D eigenvalue weighted by Gasteiger charge is 2.21. The maximum absolute atomic E-state index is 13.6. The smallest absolute Gasteiger partial charge is 0.194 e. The van der Waals surface area contributed by atoms with Gasteiger partial charge in [-0.2, -0.15) is 0 Å². The number of aryl methyl sites for hydroxylation is 1. The molecule has 1 nitrogen and oxygen atoms in total. The van der Waals surface area contributed by atoms with Crippen LogP contribution >= 0.6 is 22.9 Å². The lowest BCUT2D eigenvalue weighted by atomic mass is 10.0. The van der Waals surface area contributed by atoms with E-state index in [0.29, 0.717) is 9.21 Å². The van der Waals surface area contributed by atoms with Crippen LogP contribution in [0.25, 0.3) is 0 Å². The first kappa shape index (κ1) is 13.4. The van der Waals surface area contributed by atoms with Gasteiger partial charge in [-0.05, 0) is 24.6 Å². The monoisotopic (exact) mass is 291 g/mol. The summed E-state index contributed by atoms with van der Waals surface area (Å²) >= 11 is 7.09. The molecule has 1 atom stereocenters. The Labute approximate surface area is 111 Å². The van der Waals surface area contributed by atoms with Crippen molar-refractivity contribution in [2.75, 3.05) is 0 Å². The summed E-state index contributed by atoms with van der Waals surface area (Å²) in [5, 5.41) is 0. The van der Waals surface area contributed by atoms with Crippen LogP contribution in [0.15, 0.2) is 18.2 Å². The van der Waals surface area contributed by atoms with Gasteiger partial charge in [-0.15, -0.1) is 11.3 Å². The maximum Gasteiger partial charge on any atom is 0.194 e. The van der Waals surface area contributed by atoms with E-state index in [1.54, 1.807) is 13.0 Å². The fourth-order valence-corrected chi connectivity index (χ4v) is 2.81. The minimum Gasteiger partial charge on any atom is -0.320 e. The highest BCUT2D eigenvalue weighted by molar-refractivity contribution is 7.16. The van der Waals surface area contributed by atoms with E-state index in [1.165, 1.54) is 11.3 Å². The number of halogens is 4. The standard InChI is InChI=1S/C12H9ClF3NS/c1-5-4-8(18-12(5)13)11(17)6-2-3-7(14)10(16)9(6)15/h2-4,11H,17H2,1H3. The zero-order chi connectivity index (χ0) is 13.4.